The van der Waals surface area contributed by atoms with E-state index in [9.17, 15) is 18.8 Å². The molecule has 2 aromatic rings. The molecule has 1 N–H and O–H groups in total. The van der Waals surface area contributed by atoms with Crippen molar-refractivity contribution in [3.63, 3.8) is 0 Å². The van der Waals surface area contributed by atoms with E-state index in [0.717, 1.165) is 0 Å². The number of carbonyl (C=O) groups is 3. The maximum absolute atomic E-state index is 14.6. The zero-order valence-electron chi connectivity index (χ0n) is 16.8. The molecule has 1 saturated heterocycles. The molecule has 1 aromatic heterocycles. The molecular formula is C21H24FN3O4. The first-order valence-electron chi connectivity index (χ1n) is 9.51. The lowest BCUT2D eigenvalue weighted by Gasteiger charge is -2.31. The number of esters is 1. The largest absolute Gasteiger partial charge is 0.462 e. The van der Waals surface area contributed by atoms with E-state index >= 15 is 0 Å². The molecule has 0 radical (unpaired) electrons. The zero-order valence-corrected chi connectivity index (χ0v) is 16.8. The van der Waals surface area contributed by atoms with Crippen molar-refractivity contribution < 1.29 is 23.5 Å². The number of likely N-dealkylation sites (N-methyl/N-ethyl adjacent to an activating group) is 1. The third-order valence-electron chi connectivity index (χ3n) is 5.02. The number of Topliss-reactive ketones (excluding diaryl/α,β-unsaturated/α-hetero) is 1. The summed E-state index contributed by atoms with van der Waals surface area (Å²) in [6.45, 7) is 5.57. The summed E-state index contributed by atoms with van der Waals surface area (Å²) in [5.41, 5.74) is 0.434. The van der Waals surface area contributed by atoms with Crippen molar-refractivity contribution >= 4 is 17.7 Å². The van der Waals surface area contributed by atoms with Crippen LogP contribution >= 0.6 is 0 Å². The molecule has 1 fully saturated rings. The molecule has 29 heavy (non-hydrogen) atoms. The third kappa shape index (κ3) is 4.07. The van der Waals surface area contributed by atoms with E-state index in [1.165, 1.54) is 23.1 Å². The molecular weight excluding hydrogens is 377 g/mol. The number of H-pyrrole nitrogens is 1. The fourth-order valence-corrected chi connectivity index (χ4v) is 3.45. The van der Waals surface area contributed by atoms with E-state index in [4.69, 9.17) is 4.74 Å². The molecule has 3 rings (SSSR count). The first-order chi connectivity index (χ1) is 13.8. The number of amides is 1. The highest BCUT2D eigenvalue weighted by Crippen LogP contribution is 2.33. The van der Waals surface area contributed by atoms with Gasteiger partial charge in [-0.15, -0.1) is 0 Å². The maximum Gasteiger partial charge on any atom is 0.340 e. The summed E-state index contributed by atoms with van der Waals surface area (Å²) in [6, 6.07) is 5.83. The van der Waals surface area contributed by atoms with Crippen molar-refractivity contribution in [2.45, 2.75) is 13.8 Å². The predicted octanol–water partition coefficient (Wildman–Crippen LogP) is 2.26. The van der Waals surface area contributed by atoms with Gasteiger partial charge in [-0.05, 0) is 27.0 Å². The van der Waals surface area contributed by atoms with Crippen molar-refractivity contribution in [2.75, 3.05) is 39.8 Å². The van der Waals surface area contributed by atoms with Crippen LogP contribution in [0.4, 0.5) is 4.39 Å². The molecule has 0 saturated carbocycles. The summed E-state index contributed by atoms with van der Waals surface area (Å²) in [5.74, 6) is -2.75. The van der Waals surface area contributed by atoms with Gasteiger partial charge in [-0.3, -0.25) is 9.59 Å². The van der Waals surface area contributed by atoms with Gasteiger partial charge in [-0.1, -0.05) is 18.2 Å². The quantitative estimate of drug-likeness (QED) is 0.472. The van der Waals surface area contributed by atoms with Crippen LogP contribution in [0.15, 0.2) is 24.3 Å². The van der Waals surface area contributed by atoms with Crippen molar-refractivity contribution in [1.29, 1.82) is 0 Å². The zero-order chi connectivity index (χ0) is 21.1. The second kappa shape index (κ2) is 8.57. The Bertz CT molecular complexity index is 945. The molecule has 1 amide bonds. The molecule has 7 nitrogen and oxygen atoms in total. The highest BCUT2D eigenvalue weighted by Gasteiger charge is 2.33. The smallest absolute Gasteiger partial charge is 0.340 e. The van der Waals surface area contributed by atoms with Gasteiger partial charge < -0.3 is 19.5 Å². The minimum Gasteiger partial charge on any atom is -0.462 e. The number of aromatic amines is 1. The lowest BCUT2D eigenvalue weighted by molar-refractivity contribution is -0.127. The van der Waals surface area contributed by atoms with E-state index < -0.39 is 23.5 Å². The minimum atomic E-state index is -0.800. The second-order valence-electron chi connectivity index (χ2n) is 7.00. The third-order valence-corrected chi connectivity index (χ3v) is 5.02. The Hall–Kier alpha value is -3.00. The number of benzene rings is 1. The van der Waals surface area contributed by atoms with Crippen LogP contribution in [-0.4, -0.2) is 72.3 Å². The van der Waals surface area contributed by atoms with Crippen LogP contribution in [0.25, 0.3) is 11.1 Å². The predicted molar refractivity (Wildman–Crippen MR) is 105 cm³/mol. The fraction of sp³-hybridized carbons (Fsp3) is 0.381. The lowest BCUT2D eigenvalue weighted by Crippen LogP contribution is -2.49. The monoisotopic (exact) mass is 401 g/mol. The lowest BCUT2D eigenvalue weighted by atomic mass is 9.97. The van der Waals surface area contributed by atoms with Crippen molar-refractivity contribution in [1.82, 2.24) is 14.8 Å². The van der Waals surface area contributed by atoms with Crippen LogP contribution < -0.4 is 0 Å². The van der Waals surface area contributed by atoms with Gasteiger partial charge in [0.2, 0.25) is 0 Å². The Balaban J connectivity index is 2.08. The summed E-state index contributed by atoms with van der Waals surface area (Å²) in [4.78, 5) is 44.8. The number of halogens is 1. The molecule has 1 aliphatic heterocycles. The van der Waals surface area contributed by atoms with Crippen molar-refractivity contribution in [3.8, 4) is 11.1 Å². The minimum absolute atomic E-state index is 0.0616. The second-order valence-corrected chi connectivity index (χ2v) is 7.00. The van der Waals surface area contributed by atoms with Gasteiger partial charge in [0.05, 0.1) is 12.2 Å². The SMILES string of the molecule is CCOC(=O)c1c(C)[nH]c(C(=O)C(=O)N2CCN(C)CC2)c1-c1ccccc1F. The Labute approximate surface area is 168 Å². The first-order valence-corrected chi connectivity index (χ1v) is 9.51. The number of aromatic nitrogens is 1. The summed E-state index contributed by atoms with van der Waals surface area (Å²) < 4.78 is 19.7. The number of hydrogen-bond donors (Lipinski definition) is 1. The summed E-state index contributed by atoms with van der Waals surface area (Å²) >= 11 is 0. The standard InChI is InChI=1S/C21H24FN3O4/c1-4-29-21(28)16-13(2)23-18(17(16)14-7-5-6-8-15(14)22)19(26)20(27)25-11-9-24(3)10-12-25/h5-8,23H,4,9-12H2,1-3H3. The van der Waals surface area contributed by atoms with Gasteiger partial charge in [0.25, 0.3) is 11.7 Å². The molecule has 2 heterocycles. The molecule has 154 valence electrons. The average molecular weight is 401 g/mol. The maximum atomic E-state index is 14.6. The number of piperazine rings is 1. The molecule has 0 aliphatic carbocycles. The molecule has 0 bridgehead atoms. The number of nitrogens with zero attached hydrogens (tertiary/aromatic N) is 2. The number of ether oxygens (including phenoxy) is 1. The van der Waals surface area contributed by atoms with Crippen LogP contribution in [-0.2, 0) is 9.53 Å². The van der Waals surface area contributed by atoms with Crippen LogP contribution in [0.3, 0.4) is 0 Å². The van der Waals surface area contributed by atoms with Crippen LogP contribution in [0.2, 0.25) is 0 Å². The molecule has 8 heteroatoms. The number of aryl methyl sites for hydroxylation is 1. The van der Waals surface area contributed by atoms with Crippen molar-refractivity contribution in [3.05, 3.63) is 47.0 Å². The summed E-state index contributed by atoms with van der Waals surface area (Å²) in [7, 11) is 1.94. The van der Waals surface area contributed by atoms with E-state index in [1.807, 2.05) is 7.05 Å². The Morgan fingerprint density at radius 3 is 2.41 bits per heavy atom. The highest BCUT2D eigenvalue weighted by atomic mass is 19.1. The Kier molecular flexibility index (Phi) is 6.12. The van der Waals surface area contributed by atoms with E-state index in [0.29, 0.717) is 31.9 Å². The van der Waals surface area contributed by atoms with Gasteiger partial charge in [0.1, 0.15) is 11.5 Å². The number of ketones is 1. The van der Waals surface area contributed by atoms with Crippen LogP contribution in [0.1, 0.15) is 33.5 Å². The number of hydrogen-bond acceptors (Lipinski definition) is 5. The summed E-state index contributed by atoms with van der Waals surface area (Å²) in [6.07, 6.45) is 0. The number of rotatable bonds is 5. The molecule has 0 spiro atoms. The summed E-state index contributed by atoms with van der Waals surface area (Å²) in [5, 5.41) is 0. The van der Waals surface area contributed by atoms with Gasteiger partial charge >= 0.3 is 5.97 Å². The topological polar surface area (TPSA) is 82.7 Å². The van der Waals surface area contributed by atoms with E-state index in [-0.39, 0.29) is 29.0 Å². The average Bonchev–Trinajstić information content (AvgIpc) is 3.05. The van der Waals surface area contributed by atoms with Gasteiger partial charge in [-0.25, -0.2) is 9.18 Å². The normalized spacial score (nSPS) is 14.7. The van der Waals surface area contributed by atoms with Gasteiger partial charge in [0, 0.05) is 43.0 Å². The van der Waals surface area contributed by atoms with Gasteiger partial charge in [0.15, 0.2) is 0 Å². The Morgan fingerprint density at radius 2 is 1.79 bits per heavy atom. The fourth-order valence-electron chi connectivity index (χ4n) is 3.45. The van der Waals surface area contributed by atoms with Crippen LogP contribution in [0, 0.1) is 12.7 Å². The first kappa shape index (κ1) is 20.7. The number of nitrogens with one attached hydrogen (secondary N) is 1. The van der Waals surface area contributed by atoms with Gasteiger partial charge in [-0.2, -0.15) is 0 Å². The van der Waals surface area contributed by atoms with E-state index in [2.05, 4.69) is 9.88 Å². The molecule has 1 aromatic carbocycles. The molecule has 0 atom stereocenters. The van der Waals surface area contributed by atoms with Crippen LogP contribution in [0.5, 0.6) is 0 Å². The number of carbonyl (C=O) groups excluding carboxylic acids is 3. The highest BCUT2D eigenvalue weighted by molar-refractivity contribution is 6.43. The molecule has 0 unspecified atom stereocenters. The molecule has 1 aliphatic rings. The van der Waals surface area contributed by atoms with Crippen molar-refractivity contribution in [2.24, 2.45) is 0 Å². The Morgan fingerprint density at radius 1 is 1.14 bits per heavy atom. The van der Waals surface area contributed by atoms with E-state index in [1.54, 1.807) is 19.9 Å².